The van der Waals surface area contributed by atoms with Crippen LogP contribution in [0.4, 0.5) is 0 Å². The summed E-state index contributed by atoms with van der Waals surface area (Å²) in [6.45, 7) is 6.83. The number of benzene rings is 3. The first kappa shape index (κ1) is 33.8. The maximum absolute atomic E-state index is 12.7. The van der Waals surface area contributed by atoms with Crippen LogP contribution >= 0.6 is 59.4 Å². The highest BCUT2D eigenvalue weighted by Gasteiger charge is 2.18. The second kappa shape index (κ2) is 15.4. The number of rotatable bonds is 12. The van der Waals surface area contributed by atoms with Gasteiger partial charge in [-0.3, -0.25) is 4.79 Å². The number of aromatic nitrogens is 1. The van der Waals surface area contributed by atoms with E-state index in [0.717, 1.165) is 31.6 Å². The molecule has 0 radical (unpaired) electrons. The molecule has 0 aliphatic carbocycles. The van der Waals surface area contributed by atoms with Crippen molar-refractivity contribution in [3.05, 3.63) is 125 Å². The maximum atomic E-state index is 12.7. The number of nitrogens with one attached hydrogen (secondary N) is 1. The number of nitrogens with zero attached hydrogens (tertiary/aromatic N) is 2. The Morgan fingerprint density at radius 3 is 2.37 bits per heavy atom. The van der Waals surface area contributed by atoms with Gasteiger partial charge in [-0.05, 0) is 103 Å². The number of ether oxygens (including phenoxy) is 3. The third-order valence-electron chi connectivity index (χ3n) is 6.85. The quantitative estimate of drug-likeness (QED) is 0.1000. The average molecular weight is 835 g/mol. The molecule has 8 nitrogen and oxygen atoms in total. The summed E-state index contributed by atoms with van der Waals surface area (Å²) in [5.41, 5.74) is 7.37. The molecule has 1 N–H and O–H groups in total. The van der Waals surface area contributed by atoms with E-state index in [1.165, 1.54) is 6.21 Å². The number of halogens is 4. The highest BCUT2D eigenvalue weighted by atomic mass is 79.9. The highest BCUT2D eigenvalue weighted by molar-refractivity contribution is 9.11. The van der Waals surface area contributed by atoms with Crippen LogP contribution in [0.15, 0.2) is 95.7 Å². The van der Waals surface area contributed by atoms with Crippen LogP contribution in [0.5, 0.6) is 17.2 Å². The van der Waals surface area contributed by atoms with Crippen LogP contribution in [0.3, 0.4) is 0 Å². The largest absolute Gasteiger partial charge is 0.490 e. The van der Waals surface area contributed by atoms with E-state index in [0.29, 0.717) is 44.7 Å². The normalized spacial score (nSPS) is 11.2. The molecule has 1 amide bonds. The van der Waals surface area contributed by atoms with Gasteiger partial charge in [0.05, 0.1) is 12.8 Å². The molecule has 3 aromatic carbocycles. The first-order valence-electron chi connectivity index (χ1n) is 14.2. The third-order valence-corrected chi connectivity index (χ3v) is 9.52. The summed E-state index contributed by atoms with van der Waals surface area (Å²) >= 11 is 17.2. The van der Waals surface area contributed by atoms with Crippen molar-refractivity contribution in [2.75, 3.05) is 6.61 Å². The Bertz CT molecular complexity index is 1870. The van der Waals surface area contributed by atoms with Crippen molar-refractivity contribution in [3.8, 4) is 22.9 Å². The molecule has 2 heterocycles. The van der Waals surface area contributed by atoms with E-state index >= 15 is 0 Å². The molecule has 0 fully saturated rings. The summed E-state index contributed by atoms with van der Waals surface area (Å²) in [4.78, 5) is 12.7. The van der Waals surface area contributed by atoms with Crippen molar-refractivity contribution in [3.63, 3.8) is 0 Å². The molecule has 0 saturated heterocycles. The zero-order valence-corrected chi connectivity index (χ0v) is 30.6. The Morgan fingerprint density at radius 2 is 1.67 bits per heavy atom. The van der Waals surface area contributed by atoms with Gasteiger partial charge in [-0.1, -0.05) is 49.5 Å². The predicted molar refractivity (Wildman–Crippen MR) is 190 cm³/mol. The van der Waals surface area contributed by atoms with Crippen molar-refractivity contribution in [1.29, 1.82) is 0 Å². The third kappa shape index (κ3) is 8.06. The Kier molecular flexibility index (Phi) is 11.3. The lowest BCUT2D eigenvalue weighted by Gasteiger charge is -2.16. The predicted octanol–water partition coefficient (Wildman–Crippen LogP) is 9.95. The van der Waals surface area contributed by atoms with Crippen molar-refractivity contribution >= 4 is 71.5 Å². The van der Waals surface area contributed by atoms with Crippen LogP contribution in [0.2, 0.25) is 5.02 Å². The molecule has 0 unspecified atom stereocenters. The molecule has 0 atom stereocenters. The van der Waals surface area contributed by atoms with Gasteiger partial charge >= 0.3 is 5.91 Å². The van der Waals surface area contributed by atoms with E-state index in [9.17, 15) is 4.79 Å². The minimum absolute atomic E-state index is 0.0969. The van der Waals surface area contributed by atoms with Gasteiger partial charge in [0.1, 0.15) is 29.7 Å². The summed E-state index contributed by atoms with van der Waals surface area (Å²) in [6, 6.07) is 22.8. The van der Waals surface area contributed by atoms with Gasteiger partial charge in [-0.15, -0.1) is 0 Å². The summed E-state index contributed by atoms with van der Waals surface area (Å²) in [6.07, 6.45) is 1.46. The topological polar surface area (TPSA) is 87.2 Å². The molecule has 0 aliphatic rings. The van der Waals surface area contributed by atoms with E-state index in [4.69, 9.17) is 30.2 Å². The number of carbonyl (C=O) groups is 1. The van der Waals surface area contributed by atoms with Crippen LogP contribution in [-0.4, -0.2) is 23.3 Å². The van der Waals surface area contributed by atoms with E-state index in [1.807, 2.05) is 49.4 Å². The Balaban J connectivity index is 1.19. The van der Waals surface area contributed by atoms with E-state index < -0.39 is 5.91 Å². The Morgan fingerprint density at radius 1 is 0.935 bits per heavy atom. The van der Waals surface area contributed by atoms with E-state index in [1.54, 1.807) is 18.2 Å². The van der Waals surface area contributed by atoms with Gasteiger partial charge in [0, 0.05) is 41.6 Å². The lowest BCUT2D eigenvalue weighted by molar-refractivity contribution is 0.0923. The maximum Gasteiger partial charge on any atom is 0.307 e. The second-order valence-corrected chi connectivity index (χ2v) is 13.0. The summed E-state index contributed by atoms with van der Waals surface area (Å²) in [7, 11) is 0. The van der Waals surface area contributed by atoms with E-state index in [-0.39, 0.29) is 19.0 Å². The molecule has 0 bridgehead atoms. The number of hydrazone groups is 1. The standard InChI is InChI=1S/C34H29Br3ClN3O5/c1-4-43-30-15-23(31(37)32(38)33(30)45-18-22-7-8-24(35)16-28(22)36)17-39-40-34(42)29-14-13-27(46-29)19-44-26-11-9-25(10-12-26)41-20(2)5-6-21(41)3/h5-17H,4,18-19H2,1-3H3,(H,40,42)/b39-17+. The molecule has 0 aliphatic heterocycles. The molecule has 5 aromatic rings. The van der Waals surface area contributed by atoms with Crippen LogP contribution in [0.1, 0.15) is 45.8 Å². The van der Waals surface area contributed by atoms with Crippen molar-refractivity contribution in [2.24, 2.45) is 5.10 Å². The Hall–Kier alpha value is -3.51. The van der Waals surface area contributed by atoms with E-state index in [2.05, 4.69) is 88.9 Å². The van der Waals surface area contributed by atoms with Crippen LogP contribution in [-0.2, 0) is 13.2 Å². The van der Waals surface area contributed by atoms with Crippen LogP contribution < -0.4 is 19.6 Å². The van der Waals surface area contributed by atoms with Gasteiger partial charge in [0.15, 0.2) is 17.3 Å². The molecule has 12 heteroatoms. The second-order valence-electron chi connectivity index (χ2n) is 10.1. The average Bonchev–Trinajstić information content (AvgIpc) is 3.65. The number of furan rings is 1. The Labute approximate surface area is 297 Å². The fourth-order valence-corrected chi connectivity index (χ4v) is 6.41. The number of amides is 1. The minimum atomic E-state index is -0.517. The minimum Gasteiger partial charge on any atom is -0.490 e. The summed E-state index contributed by atoms with van der Waals surface area (Å²) in [5, 5.41) is 4.41. The molecule has 238 valence electrons. The monoisotopic (exact) mass is 831 g/mol. The fraction of sp³-hybridized carbons (Fsp3) is 0.176. The lowest BCUT2D eigenvalue weighted by atomic mass is 10.2. The first-order valence-corrected chi connectivity index (χ1v) is 16.9. The zero-order valence-electron chi connectivity index (χ0n) is 25.1. The van der Waals surface area contributed by atoms with Crippen molar-refractivity contribution in [1.82, 2.24) is 9.99 Å². The highest BCUT2D eigenvalue weighted by Crippen LogP contribution is 2.43. The number of hydrogen-bond acceptors (Lipinski definition) is 6. The number of hydrogen-bond donors (Lipinski definition) is 1. The summed E-state index contributed by atoms with van der Waals surface area (Å²) in [5.74, 6) is 1.59. The van der Waals surface area contributed by atoms with Gasteiger partial charge in [-0.2, -0.15) is 5.10 Å². The van der Waals surface area contributed by atoms with Crippen molar-refractivity contribution in [2.45, 2.75) is 34.0 Å². The van der Waals surface area contributed by atoms with Gasteiger partial charge in [-0.25, -0.2) is 5.43 Å². The van der Waals surface area contributed by atoms with Gasteiger partial charge < -0.3 is 23.2 Å². The number of aryl methyl sites for hydroxylation is 2. The van der Waals surface area contributed by atoms with Crippen molar-refractivity contribution < 1.29 is 23.4 Å². The summed E-state index contributed by atoms with van der Waals surface area (Å²) < 4.78 is 28.0. The van der Waals surface area contributed by atoms with Gasteiger partial charge in [0.25, 0.3) is 0 Å². The van der Waals surface area contributed by atoms with Crippen LogP contribution in [0.25, 0.3) is 5.69 Å². The SMILES string of the molecule is CCOc1cc(/C=N/NC(=O)c2ccc(COc3ccc(-n4c(C)ccc4C)cc3)o2)c(Br)c(Cl)c1OCc1ccc(Br)cc1Br. The first-order chi connectivity index (χ1) is 22.1. The molecule has 5 rings (SSSR count). The molecular formula is C34H29Br3ClN3O5. The fourth-order valence-electron chi connectivity index (χ4n) is 4.60. The molecule has 2 aromatic heterocycles. The molecule has 0 saturated carbocycles. The lowest BCUT2D eigenvalue weighted by Crippen LogP contribution is -2.16. The zero-order chi connectivity index (χ0) is 32.8. The van der Waals surface area contributed by atoms with Crippen LogP contribution in [0, 0.1) is 13.8 Å². The van der Waals surface area contributed by atoms with Gasteiger partial charge in [0.2, 0.25) is 0 Å². The molecule has 46 heavy (non-hydrogen) atoms. The smallest absolute Gasteiger partial charge is 0.307 e. The molecular weight excluding hydrogens is 806 g/mol. The molecule has 0 spiro atoms. The number of carbonyl (C=O) groups excluding carboxylic acids is 1.